The van der Waals surface area contributed by atoms with Crippen molar-refractivity contribution in [1.29, 1.82) is 5.26 Å². The Kier molecular flexibility index (Phi) is 6.55. The van der Waals surface area contributed by atoms with E-state index in [9.17, 15) is 5.26 Å². The summed E-state index contributed by atoms with van der Waals surface area (Å²) < 4.78 is 5.29. The summed E-state index contributed by atoms with van der Waals surface area (Å²) in [5.41, 5.74) is -0.177. The summed E-state index contributed by atoms with van der Waals surface area (Å²) in [4.78, 5) is 0. The predicted octanol–water partition coefficient (Wildman–Crippen LogP) is 5.33. The summed E-state index contributed by atoms with van der Waals surface area (Å²) in [5.74, 6) is 2.84. The van der Waals surface area contributed by atoms with Gasteiger partial charge in [0.2, 0.25) is 0 Å². The first-order chi connectivity index (χ1) is 10.2. The lowest BCUT2D eigenvalue weighted by atomic mass is 9.65. The molecule has 0 saturated heterocycles. The standard InChI is InChI=1S/C19H33NO/c1-3-4-5-16-6-8-17(9-7-16)18-10-12-19(14-20,13-11-18)15-21-2/h16-18H,3-13,15H2,1-2H3. The summed E-state index contributed by atoms with van der Waals surface area (Å²) in [5, 5.41) is 9.46. The van der Waals surface area contributed by atoms with Crippen LogP contribution in [0.1, 0.15) is 77.6 Å². The van der Waals surface area contributed by atoms with Gasteiger partial charge in [-0.25, -0.2) is 0 Å². The van der Waals surface area contributed by atoms with E-state index in [0.29, 0.717) is 6.61 Å². The highest BCUT2D eigenvalue weighted by Crippen LogP contribution is 2.46. The van der Waals surface area contributed by atoms with E-state index < -0.39 is 0 Å². The number of unbranched alkanes of at least 4 members (excludes halogenated alkanes) is 1. The third kappa shape index (κ3) is 4.46. The maximum absolute atomic E-state index is 9.46. The molecular formula is C19H33NO. The molecule has 0 amide bonds. The molecule has 0 aromatic heterocycles. The van der Waals surface area contributed by atoms with Crippen molar-refractivity contribution in [1.82, 2.24) is 0 Å². The zero-order valence-electron chi connectivity index (χ0n) is 14.1. The van der Waals surface area contributed by atoms with Gasteiger partial charge in [-0.3, -0.25) is 0 Å². The molecule has 2 heteroatoms. The van der Waals surface area contributed by atoms with Crippen molar-refractivity contribution in [2.45, 2.75) is 77.6 Å². The van der Waals surface area contributed by atoms with Gasteiger partial charge in [-0.05, 0) is 56.3 Å². The molecule has 0 atom stereocenters. The Morgan fingerprint density at radius 1 is 1.05 bits per heavy atom. The van der Waals surface area contributed by atoms with Gasteiger partial charge in [-0.1, -0.05) is 39.0 Å². The van der Waals surface area contributed by atoms with Gasteiger partial charge in [0.05, 0.1) is 18.1 Å². The van der Waals surface area contributed by atoms with Gasteiger partial charge in [0.15, 0.2) is 0 Å². The Balaban J connectivity index is 1.75. The SMILES string of the molecule is CCCCC1CCC(C2CCC(C#N)(COC)CC2)CC1. The van der Waals surface area contributed by atoms with E-state index in [1.165, 1.54) is 57.8 Å². The maximum Gasteiger partial charge on any atom is 0.0807 e. The first kappa shape index (κ1) is 16.8. The van der Waals surface area contributed by atoms with Crippen LogP contribution in [-0.2, 0) is 4.74 Å². The van der Waals surface area contributed by atoms with E-state index in [2.05, 4.69) is 13.0 Å². The van der Waals surface area contributed by atoms with E-state index >= 15 is 0 Å². The average Bonchev–Trinajstić information content (AvgIpc) is 2.54. The molecule has 2 saturated carbocycles. The minimum absolute atomic E-state index is 0.177. The van der Waals surface area contributed by atoms with Crippen molar-refractivity contribution in [2.75, 3.05) is 13.7 Å². The molecule has 2 aliphatic carbocycles. The van der Waals surface area contributed by atoms with Crippen LogP contribution in [0.5, 0.6) is 0 Å². The largest absolute Gasteiger partial charge is 0.383 e. The predicted molar refractivity (Wildman–Crippen MR) is 86.9 cm³/mol. The normalized spacial score (nSPS) is 37.1. The van der Waals surface area contributed by atoms with Crippen molar-refractivity contribution in [3.8, 4) is 6.07 Å². The zero-order chi connectivity index (χ0) is 15.1. The van der Waals surface area contributed by atoms with E-state index in [0.717, 1.165) is 30.6 Å². The maximum atomic E-state index is 9.46. The van der Waals surface area contributed by atoms with Gasteiger partial charge in [0.1, 0.15) is 0 Å². The molecule has 2 fully saturated rings. The van der Waals surface area contributed by atoms with Crippen LogP contribution in [0.25, 0.3) is 0 Å². The van der Waals surface area contributed by atoms with Gasteiger partial charge >= 0.3 is 0 Å². The number of ether oxygens (including phenoxy) is 1. The van der Waals surface area contributed by atoms with Gasteiger partial charge in [-0.2, -0.15) is 5.26 Å². The Hall–Kier alpha value is -0.550. The number of rotatable bonds is 6. The highest BCUT2D eigenvalue weighted by Gasteiger charge is 2.38. The summed E-state index contributed by atoms with van der Waals surface area (Å²) in [7, 11) is 1.72. The van der Waals surface area contributed by atoms with Crippen LogP contribution >= 0.6 is 0 Å². The highest BCUT2D eigenvalue weighted by molar-refractivity contribution is 5.02. The van der Waals surface area contributed by atoms with Crippen LogP contribution in [-0.4, -0.2) is 13.7 Å². The van der Waals surface area contributed by atoms with Crippen LogP contribution in [0.3, 0.4) is 0 Å². The lowest BCUT2D eigenvalue weighted by molar-refractivity contribution is 0.0555. The minimum atomic E-state index is -0.177. The Morgan fingerprint density at radius 3 is 2.19 bits per heavy atom. The molecule has 2 aliphatic rings. The molecule has 2 nitrogen and oxygen atoms in total. The van der Waals surface area contributed by atoms with Crippen molar-refractivity contribution < 1.29 is 4.74 Å². The fraction of sp³-hybridized carbons (Fsp3) is 0.947. The smallest absolute Gasteiger partial charge is 0.0807 e. The van der Waals surface area contributed by atoms with E-state index in [1.54, 1.807) is 7.11 Å². The fourth-order valence-electron chi connectivity index (χ4n) is 4.67. The van der Waals surface area contributed by atoms with Gasteiger partial charge in [-0.15, -0.1) is 0 Å². The van der Waals surface area contributed by atoms with Gasteiger partial charge in [0.25, 0.3) is 0 Å². The van der Waals surface area contributed by atoms with E-state index in [-0.39, 0.29) is 5.41 Å². The molecule has 0 heterocycles. The Bertz CT molecular complexity index is 330. The molecule has 21 heavy (non-hydrogen) atoms. The van der Waals surface area contributed by atoms with Crippen molar-refractivity contribution in [2.24, 2.45) is 23.2 Å². The Labute approximate surface area is 131 Å². The van der Waals surface area contributed by atoms with Crippen LogP contribution in [0.4, 0.5) is 0 Å². The lowest BCUT2D eigenvalue weighted by Crippen LogP contribution is -2.33. The molecule has 0 bridgehead atoms. The number of nitrogens with zero attached hydrogens (tertiary/aromatic N) is 1. The van der Waals surface area contributed by atoms with E-state index in [4.69, 9.17) is 4.74 Å². The molecule has 0 N–H and O–H groups in total. The number of nitriles is 1. The molecule has 0 aromatic rings. The summed E-state index contributed by atoms with van der Waals surface area (Å²) in [6, 6.07) is 2.55. The van der Waals surface area contributed by atoms with Gasteiger partial charge < -0.3 is 4.74 Å². The van der Waals surface area contributed by atoms with Crippen molar-refractivity contribution in [3.05, 3.63) is 0 Å². The van der Waals surface area contributed by atoms with Crippen LogP contribution in [0, 0.1) is 34.5 Å². The fourth-order valence-corrected chi connectivity index (χ4v) is 4.67. The molecule has 0 unspecified atom stereocenters. The number of hydrogen-bond acceptors (Lipinski definition) is 2. The second kappa shape index (κ2) is 8.18. The second-order valence-corrected chi connectivity index (χ2v) is 7.59. The topological polar surface area (TPSA) is 33.0 Å². The van der Waals surface area contributed by atoms with Gasteiger partial charge in [0, 0.05) is 7.11 Å². The molecule has 120 valence electrons. The van der Waals surface area contributed by atoms with Crippen molar-refractivity contribution in [3.63, 3.8) is 0 Å². The molecule has 0 radical (unpaired) electrons. The van der Waals surface area contributed by atoms with E-state index in [1.807, 2.05) is 0 Å². The summed E-state index contributed by atoms with van der Waals surface area (Å²) >= 11 is 0. The molecular weight excluding hydrogens is 258 g/mol. The third-order valence-electron chi connectivity index (χ3n) is 6.17. The quantitative estimate of drug-likeness (QED) is 0.662. The average molecular weight is 291 g/mol. The lowest BCUT2D eigenvalue weighted by Gasteiger charge is -2.40. The van der Waals surface area contributed by atoms with Crippen LogP contribution in [0.2, 0.25) is 0 Å². The van der Waals surface area contributed by atoms with Crippen LogP contribution < -0.4 is 0 Å². The second-order valence-electron chi connectivity index (χ2n) is 7.59. The van der Waals surface area contributed by atoms with Crippen molar-refractivity contribution >= 4 is 0 Å². The number of hydrogen-bond donors (Lipinski definition) is 0. The summed E-state index contributed by atoms with van der Waals surface area (Å²) in [6.45, 7) is 2.93. The third-order valence-corrected chi connectivity index (χ3v) is 6.17. The highest BCUT2D eigenvalue weighted by atomic mass is 16.5. The minimum Gasteiger partial charge on any atom is -0.383 e. The monoisotopic (exact) mass is 291 g/mol. The zero-order valence-corrected chi connectivity index (χ0v) is 14.1. The first-order valence-corrected chi connectivity index (χ1v) is 9.13. The molecule has 0 aromatic carbocycles. The number of methoxy groups -OCH3 is 1. The van der Waals surface area contributed by atoms with Crippen LogP contribution in [0.15, 0.2) is 0 Å². The first-order valence-electron chi connectivity index (χ1n) is 9.13. The Morgan fingerprint density at radius 2 is 1.67 bits per heavy atom. The molecule has 2 rings (SSSR count). The summed E-state index contributed by atoms with van der Waals surface area (Å²) in [6.07, 6.45) is 14.6. The molecule has 0 spiro atoms. The molecule has 0 aliphatic heterocycles.